The molecule has 1 atom stereocenters. The maximum atomic E-state index is 9.86. The topological polar surface area (TPSA) is 89.3 Å². The second kappa shape index (κ2) is 4.08. The highest BCUT2D eigenvalue weighted by atomic mass is 32.1. The summed E-state index contributed by atoms with van der Waals surface area (Å²) >= 11 is 1.44. The van der Waals surface area contributed by atoms with Crippen molar-refractivity contribution in [1.29, 1.82) is 0 Å². The SMILES string of the molecule is CCc1nnc2sc(CC(C)(O)CN)nn12. The van der Waals surface area contributed by atoms with Crippen molar-refractivity contribution in [3.05, 3.63) is 10.8 Å². The lowest BCUT2D eigenvalue weighted by atomic mass is 10.0. The van der Waals surface area contributed by atoms with E-state index in [4.69, 9.17) is 5.73 Å². The van der Waals surface area contributed by atoms with Gasteiger partial charge in [0.2, 0.25) is 4.96 Å². The summed E-state index contributed by atoms with van der Waals surface area (Å²) in [6.07, 6.45) is 1.23. The van der Waals surface area contributed by atoms with E-state index >= 15 is 0 Å². The summed E-state index contributed by atoms with van der Waals surface area (Å²) in [5, 5.41) is 23.1. The minimum Gasteiger partial charge on any atom is -0.388 e. The summed E-state index contributed by atoms with van der Waals surface area (Å²) in [7, 11) is 0. The van der Waals surface area contributed by atoms with Gasteiger partial charge in [-0.3, -0.25) is 0 Å². The minimum absolute atomic E-state index is 0.216. The third-order valence-electron chi connectivity index (χ3n) is 2.39. The average Bonchev–Trinajstić information content (AvgIpc) is 2.76. The van der Waals surface area contributed by atoms with E-state index in [2.05, 4.69) is 15.3 Å². The van der Waals surface area contributed by atoms with Crippen molar-refractivity contribution in [1.82, 2.24) is 19.8 Å². The number of fused-ring (bicyclic) bond motifs is 1. The van der Waals surface area contributed by atoms with Gasteiger partial charge in [-0.2, -0.15) is 9.61 Å². The summed E-state index contributed by atoms with van der Waals surface area (Å²) in [4.78, 5) is 0.764. The lowest BCUT2D eigenvalue weighted by Gasteiger charge is -2.18. The Labute approximate surface area is 97.1 Å². The zero-order valence-corrected chi connectivity index (χ0v) is 10.2. The summed E-state index contributed by atoms with van der Waals surface area (Å²) < 4.78 is 1.73. The molecule has 7 heteroatoms. The van der Waals surface area contributed by atoms with Crippen molar-refractivity contribution < 1.29 is 5.11 Å². The monoisotopic (exact) mass is 241 g/mol. The van der Waals surface area contributed by atoms with Crippen molar-refractivity contribution in [2.45, 2.75) is 32.3 Å². The molecule has 0 fully saturated rings. The van der Waals surface area contributed by atoms with Crippen molar-refractivity contribution in [2.24, 2.45) is 5.73 Å². The summed E-state index contributed by atoms with van der Waals surface area (Å²) in [6, 6.07) is 0. The van der Waals surface area contributed by atoms with Crippen LogP contribution in [0.2, 0.25) is 0 Å². The van der Waals surface area contributed by atoms with Gasteiger partial charge in [-0.1, -0.05) is 18.3 Å². The highest BCUT2D eigenvalue weighted by Crippen LogP contribution is 2.19. The van der Waals surface area contributed by atoms with Crippen LogP contribution in [0, 0.1) is 0 Å². The predicted molar refractivity (Wildman–Crippen MR) is 61.4 cm³/mol. The van der Waals surface area contributed by atoms with Crippen LogP contribution in [-0.2, 0) is 12.8 Å². The standard InChI is InChI=1S/C9H15N5OS/c1-3-6-11-12-8-14(6)13-7(16-8)4-9(2,15)5-10/h15H,3-5,10H2,1-2H3. The Morgan fingerprint density at radius 3 is 2.88 bits per heavy atom. The number of aryl methyl sites for hydroxylation is 1. The van der Waals surface area contributed by atoms with Crippen LogP contribution in [-0.4, -0.2) is 37.1 Å². The quantitative estimate of drug-likeness (QED) is 0.786. The fraction of sp³-hybridized carbons (Fsp3) is 0.667. The number of hydrogen-bond acceptors (Lipinski definition) is 6. The molecule has 0 aliphatic carbocycles. The Morgan fingerprint density at radius 1 is 1.50 bits per heavy atom. The molecule has 16 heavy (non-hydrogen) atoms. The van der Waals surface area contributed by atoms with Crippen LogP contribution in [0.4, 0.5) is 0 Å². The summed E-state index contributed by atoms with van der Waals surface area (Å²) in [6.45, 7) is 3.93. The van der Waals surface area contributed by atoms with Crippen LogP contribution in [0.15, 0.2) is 0 Å². The molecule has 2 aromatic rings. The maximum absolute atomic E-state index is 9.86. The van der Waals surface area contributed by atoms with E-state index in [-0.39, 0.29) is 6.54 Å². The number of nitrogens with two attached hydrogens (primary N) is 1. The first-order valence-corrected chi connectivity index (χ1v) is 6.00. The zero-order chi connectivity index (χ0) is 11.8. The molecule has 2 heterocycles. The molecule has 0 spiro atoms. The molecular formula is C9H15N5OS. The Hall–Kier alpha value is -1.05. The van der Waals surface area contributed by atoms with E-state index in [1.54, 1.807) is 11.4 Å². The van der Waals surface area contributed by atoms with Crippen LogP contribution in [0.1, 0.15) is 24.7 Å². The molecule has 0 aliphatic rings. The fourth-order valence-corrected chi connectivity index (χ4v) is 2.42. The highest BCUT2D eigenvalue weighted by molar-refractivity contribution is 7.16. The third kappa shape index (κ3) is 2.06. The molecule has 2 aromatic heterocycles. The van der Waals surface area contributed by atoms with Gasteiger partial charge in [0.05, 0.1) is 5.60 Å². The molecule has 2 rings (SSSR count). The Bertz CT molecular complexity index is 489. The molecule has 3 N–H and O–H groups in total. The molecule has 1 unspecified atom stereocenters. The molecule has 0 saturated heterocycles. The molecule has 88 valence electrons. The van der Waals surface area contributed by atoms with Crippen molar-refractivity contribution >= 4 is 16.3 Å². The molecule has 0 aromatic carbocycles. The predicted octanol–water partition coefficient (Wildman–Crippen LogP) is 0.000400. The molecule has 0 amide bonds. The summed E-state index contributed by atoms with van der Waals surface area (Å²) in [5.41, 5.74) is 4.56. The lowest BCUT2D eigenvalue weighted by Crippen LogP contribution is -2.36. The second-order valence-corrected chi connectivity index (χ2v) is 5.08. The van der Waals surface area contributed by atoms with E-state index < -0.39 is 5.60 Å². The third-order valence-corrected chi connectivity index (χ3v) is 3.28. The normalized spacial score (nSPS) is 15.5. The van der Waals surface area contributed by atoms with Gasteiger partial charge in [-0.15, -0.1) is 10.2 Å². The lowest BCUT2D eigenvalue weighted by molar-refractivity contribution is 0.0693. The van der Waals surface area contributed by atoms with Gasteiger partial charge in [0.15, 0.2) is 5.82 Å². The van der Waals surface area contributed by atoms with E-state index in [9.17, 15) is 5.11 Å². The highest BCUT2D eigenvalue weighted by Gasteiger charge is 2.22. The van der Waals surface area contributed by atoms with Crippen LogP contribution >= 0.6 is 11.3 Å². The van der Waals surface area contributed by atoms with Crippen molar-refractivity contribution in [3.8, 4) is 0 Å². The average molecular weight is 241 g/mol. The fourth-order valence-electron chi connectivity index (χ4n) is 1.39. The molecule has 6 nitrogen and oxygen atoms in total. The van der Waals surface area contributed by atoms with E-state index in [0.29, 0.717) is 6.42 Å². The molecular weight excluding hydrogens is 226 g/mol. The zero-order valence-electron chi connectivity index (χ0n) is 9.34. The maximum Gasteiger partial charge on any atom is 0.234 e. The van der Waals surface area contributed by atoms with E-state index in [0.717, 1.165) is 22.2 Å². The Morgan fingerprint density at radius 2 is 2.25 bits per heavy atom. The van der Waals surface area contributed by atoms with E-state index in [1.807, 2.05) is 6.92 Å². The largest absolute Gasteiger partial charge is 0.388 e. The number of rotatable bonds is 4. The van der Waals surface area contributed by atoms with E-state index in [1.165, 1.54) is 11.3 Å². The summed E-state index contributed by atoms with van der Waals surface area (Å²) in [5.74, 6) is 0.838. The van der Waals surface area contributed by atoms with Gasteiger partial charge in [0.1, 0.15) is 5.01 Å². The molecule has 0 aliphatic heterocycles. The van der Waals surface area contributed by atoms with Gasteiger partial charge >= 0.3 is 0 Å². The number of aliphatic hydroxyl groups is 1. The van der Waals surface area contributed by atoms with Gasteiger partial charge < -0.3 is 10.8 Å². The van der Waals surface area contributed by atoms with Gasteiger partial charge in [0.25, 0.3) is 0 Å². The first-order chi connectivity index (χ1) is 7.55. The first kappa shape index (κ1) is 11.4. The van der Waals surface area contributed by atoms with Crippen molar-refractivity contribution in [2.75, 3.05) is 6.54 Å². The van der Waals surface area contributed by atoms with Crippen LogP contribution < -0.4 is 5.73 Å². The molecule has 0 bridgehead atoms. The Balaban J connectivity index is 2.30. The van der Waals surface area contributed by atoms with Crippen molar-refractivity contribution in [3.63, 3.8) is 0 Å². The number of hydrogen-bond donors (Lipinski definition) is 2. The van der Waals surface area contributed by atoms with Crippen LogP contribution in [0.3, 0.4) is 0 Å². The number of nitrogens with zero attached hydrogens (tertiary/aromatic N) is 4. The molecule has 0 radical (unpaired) electrons. The van der Waals surface area contributed by atoms with Crippen LogP contribution in [0.25, 0.3) is 4.96 Å². The van der Waals surface area contributed by atoms with Gasteiger partial charge in [-0.25, -0.2) is 0 Å². The van der Waals surface area contributed by atoms with Gasteiger partial charge in [0, 0.05) is 19.4 Å². The first-order valence-electron chi connectivity index (χ1n) is 5.18. The number of aromatic nitrogens is 4. The smallest absolute Gasteiger partial charge is 0.234 e. The van der Waals surface area contributed by atoms with Gasteiger partial charge in [-0.05, 0) is 6.92 Å². The minimum atomic E-state index is -0.907. The van der Waals surface area contributed by atoms with Crippen LogP contribution in [0.5, 0.6) is 0 Å². The second-order valence-electron chi connectivity index (χ2n) is 4.04. The Kier molecular flexibility index (Phi) is 2.92. The molecule has 0 saturated carbocycles.